The first-order chi connectivity index (χ1) is 19.7. The second-order valence-corrected chi connectivity index (χ2v) is 13.2. The van der Waals surface area contributed by atoms with Crippen LogP contribution in [0.5, 0.6) is 5.75 Å². The molecule has 2 aliphatic heterocycles. The number of carbonyl (C=O) groups is 3. The molecular formula is C30H36ClN5O5. The van der Waals surface area contributed by atoms with Crippen LogP contribution in [0, 0.1) is 17.3 Å². The fourth-order valence-electron chi connectivity index (χ4n) is 7.73. The minimum Gasteiger partial charge on any atom is -0.489 e. The Balaban J connectivity index is 1.24. The van der Waals surface area contributed by atoms with Gasteiger partial charge in [0, 0.05) is 56.5 Å². The summed E-state index contributed by atoms with van der Waals surface area (Å²) in [6, 6.07) is 3.28. The maximum Gasteiger partial charge on any atom is 0.307 e. The number of fused-ring (bicyclic) bond motifs is 2. The van der Waals surface area contributed by atoms with Crippen molar-refractivity contribution in [3.63, 3.8) is 0 Å². The fourth-order valence-corrected chi connectivity index (χ4v) is 7.99. The van der Waals surface area contributed by atoms with E-state index in [1.54, 1.807) is 4.68 Å². The molecule has 2 saturated carbocycles. The van der Waals surface area contributed by atoms with E-state index < -0.39 is 23.8 Å². The van der Waals surface area contributed by atoms with Crippen LogP contribution in [-0.4, -0.2) is 73.4 Å². The molecule has 1 aromatic carbocycles. The lowest BCUT2D eigenvalue weighted by molar-refractivity contribution is -0.154. The van der Waals surface area contributed by atoms with Gasteiger partial charge in [0.15, 0.2) is 0 Å². The van der Waals surface area contributed by atoms with Crippen LogP contribution in [0.2, 0.25) is 5.02 Å². The average molecular weight is 582 g/mol. The average Bonchev–Trinajstić information content (AvgIpc) is 3.27. The number of aryl methyl sites for hydroxylation is 1. The van der Waals surface area contributed by atoms with E-state index >= 15 is 0 Å². The molecule has 11 heteroatoms. The number of carboxylic acids is 1. The third-order valence-electron chi connectivity index (χ3n) is 10.2. The van der Waals surface area contributed by atoms with Crippen LogP contribution < -0.4 is 4.74 Å². The number of hydrogen-bond donors (Lipinski definition) is 1. The minimum atomic E-state index is -0.904. The molecule has 0 radical (unpaired) electrons. The molecule has 3 aliphatic carbocycles. The molecule has 1 saturated heterocycles. The van der Waals surface area contributed by atoms with Crippen molar-refractivity contribution >= 4 is 29.4 Å². The van der Waals surface area contributed by atoms with Gasteiger partial charge in [0.1, 0.15) is 11.9 Å². The van der Waals surface area contributed by atoms with Crippen molar-refractivity contribution < 1.29 is 24.2 Å². The lowest BCUT2D eigenvalue weighted by Gasteiger charge is -2.43. The molecule has 41 heavy (non-hydrogen) atoms. The normalized spacial score (nSPS) is 28.1. The molecule has 3 heterocycles. The molecule has 1 N–H and O–H groups in total. The molecule has 1 aromatic heterocycles. The summed E-state index contributed by atoms with van der Waals surface area (Å²) in [4.78, 5) is 43.3. The number of carbonyl (C=O) groups excluding carboxylic acids is 2. The number of carboxylic acid groups (broad SMARTS) is 1. The summed E-state index contributed by atoms with van der Waals surface area (Å²) in [5.74, 6) is -1.50. The monoisotopic (exact) mass is 581 g/mol. The van der Waals surface area contributed by atoms with Gasteiger partial charge in [0.25, 0.3) is 0 Å². The van der Waals surface area contributed by atoms with Gasteiger partial charge in [-0.3, -0.25) is 19.1 Å². The summed E-state index contributed by atoms with van der Waals surface area (Å²) >= 11 is 6.77. The zero-order valence-electron chi connectivity index (χ0n) is 23.4. The highest BCUT2D eigenvalue weighted by Crippen LogP contribution is 2.54. The van der Waals surface area contributed by atoms with Crippen molar-refractivity contribution in [2.75, 3.05) is 19.6 Å². The summed E-state index contributed by atoms with van der Waals surface area (Å²) in [5.41, 5.74) is 3.88. The molecule has 4 atom stereocenters. The number of likely N-dealkylation sites (tertiary alicyclic amines) is 1. The Morgan fingerprint density at radius 3 is 2.66 bits per heavy atom. The van der Waals surface area contributed by atoms with E-state index in [1.165, 1.54) is 0 Å². The predicted molar refractivity (Wildman–Crippen MR) is 148 cm³/mol. The Bertz CT molecular complexity index is 1420. The first-order valence-electron chi connectivity index (χ1n) is 14.9. The summed E-state index contributed by atoms with van der Waals surface area (Å²) in [6.07, 6.45) is 7.17. The van der Waals surface area contributed by atoms with Crippen molar-refractivity contribution in [1.82, 2.24) is 24.8 Å². The quantitative estimate of drug-likeness (QED) is 0.556. The van der Waals surface area contributed by atoms with Crippen LogP contribution in [0.3, 0.4) is 0 Å². The number of benzene rings is 1. The Hall–Kier alpha value is -3.14. The second-order valence-electron chi connectivity index (χ2n) is 12.8. The van der Waals surface area contributed by atoms with Gasteiger partial charge in [0.2, 0.25) is 11.8 Å². The fraction of sp³-hybridized carbons (Fsp3) is 0.633. The Morgan fingerprint density at radius 1 is 1.17 bits per heavy atom. The topological polar surface area (TPSA) is 118 Å². The second kappa shape index (κ2) is 10.00. The van der Waals surface area contributed by atoms with Crippen LogP contribution in [0.15, 0.2) is 12.1 Å². The molecule has 218 valence electrons. The molecule has 10 nitrogen and oxygen atoms in total. The van der Waals surface area contributed by atoms with E-state index in [1.807, 2.05) is 29.0 Å². The molecule has 1 spiro atoms. The molecule has 5 aliphatic rings. The van der Waals surface area contributed by atoms with Crippen LogP contribution in [0.25, 0.3) is 0 Å². The van der Waals surface area contributed by atoms with Crippen molar-refractivity contribution in [3.8, 4) is 5.75 Å². The third-order valence-corrected chi connectivity index (χ3v) is 10.5. The molecule has 0 bridgehead atoms. The van der Waals surface area contributed by atoms with Crippen molar-refractivity contribution in [3.05, 3.63) is 39.7 Å². The number of halogens is 1. The minimum absolute atomic E-state index is 0.0888. The maximum absolute atomic E-state index is 14.2. The number of amides is 2. The number of aromatic nitrogens is 3. The van der Waals surface area contributed by atoms with Crippen LogP contribution >= 0.6 is 11.6 Å². The van der Waals surface area contributed by atoms with E-state index in [-0.39, 0.29) is 23.3 Å². The SMILES string of the molecule is Cn1nnc2c1CC(Oc1ccc(Cl)c3c1C(CN1CC4(CC4)CC1=O)N(C(=O)C1CCCCC1C(=O)O)CC3)C2. The van der Waals surface area contributed by atoms with E-state index in [9.17, 15) is 19.5 Å². The summed E-state index contributed by atoms with van der Waals surface area (Å²) in [5, 5.41) is 19.0. The van der Waals surface area contributed by atoms with Gasteiger partial charge < -0.3 is 19.6 Å². The number of aliphatic carboxylic acids is 1. The Morgan fingerprint density at radius 2 is 1.95 bits per heavy atom. The van der Waals surface area contributed by atoms with Gasteiger partial charge in [-0.05, 0) is 55.2 Å². The highest BCUT2D eigenvalue weighted by molar-refractivity contribution is 6.31. The van der Waals surface area contributed by atoms with Crippen LogP contribution in [0.4, 0.5) is 0 Å². The first-order valence-corrected chi connectivity index (χ1v) is 15.3. The van der Waals surface area contributed by atoms with Gasteiger partial charge >= 0.3 is 5.97 Å². The number of nitrogens with zero attached hydrogens (tertiary/aromatic N) is 5. The largest absolute Gasteiger partial charge is 0.489 e. The van der Waals surface area contributed by atoms with Gasteiger partial charge in [0.05, 0.1) is 29.3 Å². The number of hydrogen-bond acceptors (Lipinski definition) is 6. The van der Waals surface area contributed by atoms with Gasteiger partial charge in [-0.1, -0.05) is 29.7 Å². The van der Waals surface area contributed by atoms with Gasteiger partial charge in [-0.25, -0.2) is 0 Å². The molecule has 3 fully saturated rings. The smallest absolute Gasteiger partial charge is 0.307 e. The van der Waals surface area contributed by atoms with Gasteiger partial charge in [-0.15, -0.1) is 5.10 Å². The lowest BCUT2D eigenvalue weighted by Crippen LogP contribution is -2.50. The zero-order valence-corrected chi connectivity index (χ0v) is 24.1. The highest BCUT2D eigenvalue weighted by atomic mass is 35.5. The van der Waals surface area contributed by atoms with E-state index in [4.69, 9.17) is 16.3 Å². The summed E-state index contributed by atoms with van der Waals surface area (Å²) in [7, 11) is 1.88. The maximum atomic E-state index is 14.2. The first kappa shape index (κ1) is 26.7. The molecular weight excluding hydrogens is 546 g/mol. The third kappa shape index (κ3) is 4.68. The van der Waals surface area contributed by atoms with Crippen LogP contribution in [0.1, 0.15) is 73.5 Å². The van der Waals surface area contributed by atoms with Gasteiger partial charge in [-0.2, -0.15) is 0 Å². The Kier molecular flexibility index (Phi) is 6.52. The van der Waals surface area contributed by atoms with Crippen molar-refractivity contribution in [2.45, 2.75) is 76.4 Å². The predicted octanol–water partition coefficient (Wildman–Crippen LogP) is 3.34. The highest BCUT2D eigenvalue weighted by Gasteiger charge is 2.53. The Labute approximate surface area is 243 Å². The molecule has 2 aromatic rings. The summed E-state index contributed by atoms with van der Waals surface area (Å²) < 4.78 is 8.44. The molecule has 4 unspecified atom stereocenters. The standard InChI is InChI=1S/C30H36ClN5O5/c1-34-23-13-17(12-22(23)32-33-34)41-25-7-6-21(31)20-8-11-36(28(38)18-4-2-3-5-19(18)29(39)40)24(27(20)25)15-35-16-30(9-10-30)14-26(35)37/h6-7,17-19,24H,2-5,8-16H2,1H3,(H,39,40). The lowest BCUT2D eigenvalue weighted by atomic mass is 9.77. The number of rotatable bonds is 6. The molecule has 7 rings (SSSR count). The van der Waals surface area contributed by atoms with Crippen LogP contribution in [-0.2, 0) is 40.7 Å². The summed E-state index contributed by atoms with van der Waals surface area (Å²) in [6.45, 7) is 1.49. The van der Waals surface area contributed by atoms with E-state index in [0.717, 1.165) is 48.2 Å². The molecule has 2 amide bonds. The van der Waals surface area contributed by atoms with E-state index in [0.29, 0.717) is 68.9 Å². The van der Waals surface area contributed by atoms with Crippen molar-refractivity contribution in [1.29, 1.82) is 0 Å². The number of ether oxygens (including phenoxy) is 1. The van der Waals surface area contributed by atoms with Crippen molar-refractivity contribution in [2.24, 2.45) is 24.3 Å². The van der Waals surface area contributed by atoms with E-state index in [2.05, 4.69) is 10.3 Å². The zero-order chi connectivity index (χ0) is 28.5.